The summed E-state index contributed by atoms with van der Waals surface area (Å²) in [5.74, 6) is -0.276. The molecule has 0 aromatic heterocycles. The molecule has 1 aromatic carbocycles. The van der Waals surface area contributed by atoms with Crippen LogP contribution in [-0.2, 0) is 6.54 Å². The van der Waals surface area contributed by atoms with Gasteiger partial charge >= 0.3 is 0 Å². The molecular weight excluding hydrogens is 231 g/mol. The monoisotopic (exact) mass is 252 g/mol. The third kappa shape index (κ3) is 2.65. The summed E-state index contributed by atoms with van der Waals surface area (Å²) in [5, 5.41) is 10.4. The van der Waals surface area contributed by atoms with Gasteiger partial charge in [-0.15, -0.1) is 0 Å². The number of hydrogen-bond acceptors (Lipinski definition) is 3. The van der Waals surface area contributed by atoms with Crippen LogP contribution in [0.25, 0.3) is 0 Å². The van der Waals surface area contributed by atoms with Crippen LogP contribution >= 0.6 is 0 Å². The summed E-state index contributed by atoms with van der Waals surface area (Å²) in [5.41, 5.74) is 6.26. The van der Waals surface area contributed by atoms with Crippen LogP contribution in [0.5, 0.6) is 0 Å². The Morgan fingerprint density at radius 3 is 2.67 bits per heavy atom. The van der Waals surface area contributed by atoms with Crippen LogP contribution in [-0.4, -0.2) is 24.3 Å². The van der Waals surface area contributed by atoms with E-state index in [4.69, 9.17) is 5.73 Å². The number of anilines is 1. The molecule has 0 spiro atoms. The summed E-state index contributed by atoms with van der Waals surface area (Å²) in [6, 6.07) is 4.93. The predicted molar refractivity (Wildman–Crippen MR) is 71.0 cm³/mol. The second kappa shape index (κ2) is 5.24. The summed E-state index contributed by atoms with van der Waals surface area (Å²) in [4.78, 5) is 1.79. The molecule has 0 heterocycles. The van der Waals surface area contributed by atoms with Crippen LogP contribution in [0.4, 0.5) is 10.1 Å². The fourth-order valence-electron chi connectivity index (χ4n) is 2.86. The van der Waals surface area contributed by atoms with Gasteiger partial charge in [0.25, 0.3) is 0 Å². The Morgan fingerprint density at radius 2 is 2.06 bits per heavy atom. The first-order valence-corrected chi connectivity index (χ1v) is 6.47. The van der Waals surface area contributed by atoms with Crippen LogP contribution in [0.3, 0.4) is 0 Å². The van der Waals surface area contributed by atoms with E-state index in [2.05, 4.69) is 0 Å². The largest absolute Gasteiger partial charge is 0.388 e. The first-order valence-electron chi connectivity index (χ1n) is 6.47. The van der Waals surface area contributed by atoms with E-state index >= 15 is 0 Å². The number of hydrogen-bond donors (Lipinski definition) is 2. The summed E-state index contributed by atoms with van der Waals surface area (Å²) in [6.07, 6.45) is 3.68. The van der Waals surface area contributed by atoms with Gasteiger partial charge in [-0.1, -0.05) is 25.0 Å². The molecule has 0 saturated heterocycles. The van der Waals surface area contributed by atoms with Gasteiger partial charge in [-0.25, -0.2) is 4.39 Å². The van der Waals surface area contributed by atoms with Crippen LogP contribution in [0.1, 0.15) is 31.2 Å². The van der Waals surface area contributed by atoms with E-state index in [1.165, 1.54) is 6.07 Å². The number of likely N-dealkylation sites (N-methyl/N-ethyl adjacent to an activating group) is 1. The molecule has 2 rings (SSSR count). The molecular formula is C14H21FN2O. The Hall–Kier alpha value is -1.13. The molecule has 4 heteroatoms. The zero-order valence-electron chi connectivity index (χ0n) is 10.8. The summed E-state index contributed by atoms with van der Waals surface area (Å²) >= 11 is 0. The van der Waals surface area contributed by atoms with Gasteiger partial charge < -0.3 is 15.7 Å². The Balaban J connectivity index is 2.20. The van der Waals surface area contributed by atoms with Crippen molar-refractivity contribution in [3.63, 3.8) is 0 Å². The van der Waals surface area contributed by atoms with Gasteiger partial charge in [0.1, 0.15) is 5.82 Å². The quantitative estimate of drug-likeness (QED) is 0.862. The van der Waals surface area contributed by atoms with Crippen LogP contribution in [0.2, 0.25) is 0 Å². The van der Waals surface area contributed by atoms with E-state index < -0.39 is 5.60 Å². The van der Waals surface area contributed by atoms with E-state index in [1.54, 1.807) is 11.0 Å². The molecule has 0 radical (unpaired) electrons. The van der Waals surface area contributed by atoms with E-state index in [0.717, 1.165) is 31.2 Å². The maximum atomic E-state index is 13.9. The summed E-state index contributed by atoms with van der Waals surface area (Å²) < 4.78 is 13.9. The summed E-state index contributed by atoms with van der Waals surface area (Å²) in [7, 11) is 1.81. The maximum Gasteiger partial charge on any atom is 0.146 e. The first kappa shape index (κ1) is 13.3. The van der Waals surface area contributed by atoms with Gasteiger partial charge in [-0.3, -0.25) is 0 Å². The molecule has 0 bridgehead atoms. The van der Waals surface area contributed by atoms with Crippen molar-refractivity contribution in [1.29, 1.82) is 0 Å². The lowest BCUT2D eigenvalue weighted by Crippen LogP contribution is -2.40. The van der Waals surface area contributed by atoms with Gasteiger partial charge in [0, 0.05) is 20.1 Å². The van der Waals surface area contributed by atoms with E-state index in [0.29, 0.717) is 18.8 Å². The molecule has 0 aliphatic heterocycles. The van der Waals surface area contributed by atoms with Gasteiger partial charge in [-0.05, 0) is 24.5 Å². The number of benzene rings is 1. The lowest BCUT2D eigenvalue weighted by molar-refractivity contribution is 0.0558. The standard InChI is InChI=1S/C14H21FN2O/c1-17(10-14(18)7-2-3-8-14)13-11(9-16)5-4-6-12(13)15/h4-6,18H,2-3,7-10,16H2,1H3. The molecule has 1 fully saturated rings. The van der Waals surface area contributed by atoms with Gasteiger partial charge in [-0.2, -0.15) is 0 Å². The summed E-state index contributed by atoms with van der Waals surface area (Å²) in [6.45, 7) is 0.761. The SMILES string of the molecule is CN(CC1(O)CCCC1)c1c(F)cccc1CN. The Labute approximate surface area is 107 Å². The minimum absolute atomic E-state index is 0.276. The Morgan fingerprint density at radius 1 is 1.39 bits per heavy atom. The smallest absolute Gasteiger partial charge is 0.146 e. The Kier molecular flexibility index (Phi) is 3.88. The zero-order valence-corrected chi connectivity index (χ0v) is 10.8. The van der Waals surface area contributed by atoms with Crippen molar-refractivity contribution >= 4 is 5.69 Å². The highest BCUT2D eigenvalue weighted by molar-refractivity contribution is 5.54. The van der Waals surface area contributed by atoms with Crippen molar-refractivity contribution in [2.45, 2.75) is 37.8 Å². The lowest BCUT2D eigenvalue weighted by Gasteiger charge is -2.31. The van der Waals surface area contributed by atoms with E-state index in [9.17, 15) is 9.50 Å². The fourth-order valence-corrected chi connectivity index (χ4v) is 2.86. The molecule has 3 N–H and O–H groups in total. The molecule has 18 heavy (non-hydrogen) atoms. The average Bonchev–Trinajstić information content (AvgIpc) is 2.75. The highest BCUT2D eigenvalue weighted by Crippen LogP contribution is 2.32. The average molecular weight is 252 g/mol. The topological polar surface area (TPSA) is 49.5 Å². The van der Waals surface area contributed by atoms with Crippen molar-refractivity contribution in [2.75, 3.05) is 18.5 Å². The van der Waals surface area contributed by atoms with Crippen molar-refractivity contribution in [1.82, 2.24) is 0 Å². The molecule has 0 amide bonds. The number of rotatable bonds is 4. The van der Waals surface area contributed by atoms with Crippen LogP contribution in [0.15, 0.2) is 18.2 Å². The maximum absolute atomic E-state index is 13.9. The number of para-hydroxylation sites is 1. The number of halogens is 1. The fraction of sp³-hybridized carbons (Fsp3) is 0.571. The van der Waals surface area contributed by atoms with Gasteiger partial charge in [0.05, 0.1) is 11.3 Å². The number of aliphatic hydroxyl groups is 1. The van der Waals surface area contributed by atoms with Crippen molar-refractivity contribution < 1.29 is 9.50 Å². The van der Waals surface area contributed by atoms with Crippen molar-refractivity contribution in [3.05, 3.63) is 29.6 Å². The third-order valence-electron chi connectivity index (χ3n) is 3.74. The van der Waals surface area contributed by atoms with Crippen molar-refractivity contribution in [3.8, 4) is 0 Å². The second-order valence-electron chi connectivity index (χ2n) is 5.24. The van der Waals surface area contributed by atoms with Crippen molar-refractivity contribution in [2.24, 2.45) is 5.73 Å². The third-order valence-corrected chi connectivity index (χ3v) is 3.74. The zero-order chi connectivity index (χ0) is 13.2. The number of nitrogens with zero attached hydrogens (tertiary/aromatic N) is 1. The molecule has 1 saturated carbocycles. The molecule has 3 nitrogen and oxygen atoms in total. The van der Waals surface area contributed by atoms with Gasteiger partial charge in [0.15, 0.2) is 0 Å². The minimum Gasteiger partial charge on any atom is -0.388 e. The Bertz CT molecular complexity index is 416. The molecule has 100 valence electrons. The molecule has 0 unspecified atom stereocenters. The van der Waals surface area contributed by atoms with Gasteiger partial charge in [0.2, 0.25) is 0 Å². The highest BCUT2D eigenvalue weighted by atomic mass is 19.1. The minimum atomic E-state index is -0.678. The molecule has 1 aliphatic carbocycles. The number of nitrogens with two attached hydrogens (primary N) is 1. The van der Waals surface area contributed by atoms with Crippen LogP contribution < -0.4 is 10.6 Å². The second-order valence-corrected chi connectivity index (χ2v) is 5.24. The van der Waals surface area contributed by atoms with E-state index in [-0.39, 0.29) is 5.82 Å². The molecule has 0 atom stereocenters. The van der Waals surface area contributed by atoms with E-state index in [1.807, 2.05) is 13.1 Å². The first-order chi connectivity index (χ1) is 8.56. The predicted octanol–water partition coefficient (Wildman–Crippen LogP) is 2.03. The molecule has 1 aliphatic rings. The normalized spacial score (nSPS) is 18.0. The van der Waals surface area contributed by atoms with Crippen LogP contribution in [0, 0.1) is 5.82 Å². The molecule has 1 aromatic rings. The highest BCUT2D eigenvalue weighted by Gasteiger charge is 2.33. The lowest BCUT2D eigenvalue weighted by atomic mass is 10.0.